The zero-order chi connectivity index (χ0) is 24.9. The van der Waals surface area contributed by atoms with Crippen LogP contribution in [0.4, 0.5) is 0 Å². The normalized spacial score (nSPS) is 14.9. The summed E-state index contributed by atoms with van der Waals surface area (Å²) < 4.78 is 12.9. The van der Waals surface area contributed by atoms with Crippen LogP contribution >= 0.6 is 34.8 Å². The molecule has 1 aliphatic rings. The van der Waals surface area contributed by atoms with Gasteiger partial charge < -0.3 is 9.47 Å². The van der Waals surface area contributed by atoms with Gasteiger partial charge in [0, 0.05) is 6.54 Å². The molecule has 3 aromatic rings. The lowest BCUT2D eigenvalue weighted by Crippen LogP contribution is -2.53. The second-order valence-corrected chi connectivity index (χ2v) is 9.26. The number of hydrogen-bond acceptors (Lipinski definition) is 5. The van der Waals surface area contributed by atoms with Gasteiger partial charge >= 0.3 is 0 Å². The second kappa shape index (κ2) is 11.0. The Morgan fingerprint density at radius 2 is 1.89 bits per heavy atom. The maximum atomic E-state index is 12.9. The molecule has 0 spiro atoms. The van der Waals surface area contributed by atoms with Gasteiger partial charge in [0.15, 0.2) is 16.6 Å². The number of halogens is 1. The summed E-state index contributed by atoms with van der Waals surface area (Å²) in [5, 5.41) is 4.91. The Morgan fingerprint density at radius 1 is 1.11 bits per heavy atom. The van der Waals surface area contributed by atoms with Crippen LogP contribution in [0.2, 0.25) is 0 Å². The topological polar surface area (TPSA) is 67.9 Å². The Balaban J connectivity index is 1.65. The molecule has 0 radical (unpaired) electrons. The van der Waals surface area contributed by atoms with Gasteiger partial charge in [0.25, 0.3) is 11.8 Å². The fourth-order valence-corrected chi connectivity index (χ4v) is 4.83. The van der Waals surface area contributed by atoms with E-state index in [1.165, 1.54) is 11.0 Å². The van der Waals surface area contributed by atoms with E-state index in [4.69, 9.17) is 21.7 Å². The average molecular weight is 598 g/mol. The smallest absolute Gasteiger partial charge is 0.265 e. The highest BCUT2D eigenvalue weighted by Gasteiger charge is 2.32. The van der Waals surface area contributed by atoms with Crippen molar-refractivity contribution in [1.29, 1.82) is 0 Å². The number of hydrogen-bond donors (Lipinski definition) is 1. The molecule has 1 N–H and O–H groups in total. The van der Waals surface area contributed by atoms with Gasteiger partial charge in [0.1, 0.15) is 12.2 Å². The number of ether oxygens (including phenoxy) is 2. The second-order valence-electron chi connectivity index (χ2n) is 7.71. The van der Waals surface area contributed by atoms with Crippen LogP contribution in [0.25, 0.3) is 16.8 Å². The number of nitrogens with zero attached hydrogens (tertiary/aromatic N) is 1. The fourth-order valence-electron chi connectivity index (χ4n) is 3.80. The van der Waals surface area contributed by atoms with E-state index in [-0.39, 0.29) is 17.2 Å². The van der Waals surface area contributed by atoms with Gasteiger partial charge in [-0.05, 0) is 81.8 Å². The molecule has 1 fully saturated rings. The molecule has 0 saturated carbocycles. The SMILES string of the molecule is C=CCN1C(=O)/C(=C/c2cc(I)c(OCc3cccc4ccccc34)c(OCC)c2)C(=O)NC1=S. The molecule has 0 aliphatic carbocycles. The first kappa shape index (κ1) is 24.9. The molecule has 4 rings (SSSR count). The minimum absolute atomic E-state index is 0.0110. The fraction of sp³-hybridized carbons (Fsp3) is 0.148. The summed E-state index contributed by atoms with van der Waals surface area (Å²) in [6, 6.07) is 17.9. The Bertz CT molecular complexity index is 1360. The van der Waals surface area contributed by atoms with Crippen LogP contribution in [-0.4, -0.2) is 35.0 Å². The van der Waals surface area contributed by atoms with Crippen molar-refractivity contribution < 1.29 is 19.1 Å². The number of nitrogens with one attached hydrogen (secondary N) is 1. The van der Waals surface area contributed by atoms with E-state index in [0.717, 1.165) is 19.9 Å². The summed E-state index contributed by atoms with van der Waals surface area (Å²) >= 11 is 7.29. The van der Waals surface area contributed by atoms with Gasteiger partial charge in [-0.25, -0.2) is 0 Å². The molecule has 0 atom stereocenters. The van der Waals surface area contributed by atoms with Crippen molar-refractivity contribution in [1.82, 2.24) is 10.2 Å². The highest BCUT2D eigenvalue weighted by atomic mass is 127. The van der Waals surface area contributed by atoms with Crippen LogP contribution in [-0.2, 0) is 16.2 Å². The zero-order valence-corrected chi connectivity index (χ0v) is 22.0. The highest BCUT2D eigenvalue weighted by Crippen LogP contribution is 2.36. The minimum Gasteiger partial charge on any atom is -0.490 e. The summed E-state index contributed by atoms with van der Waals surface area (Å²) in [5.41, 5.74) is 1.69. The van der Waals surface area contributed by atoms with E-state index in [0.29, 0.717) is 30.3 Å². The highest BCUT2D eigenvalue weighted by molar-refractivity contribution is 14.1. The van der Waals surface area contributed by atoms with Gasteiger partial charge in [-0.2, -0.15) is 0 Å². The van der Waals surface area contributed by atoms with Crippen LogP contribution in [0, 0.1) is 3.57 Å². The third kappa shape index (κ3) is 5.38. The molecule has 8 heteroatoms. The molecule has 2 amide bonds. The molecule has 35 heavy (non-hydrogen) atoms. The van der Waals surface area contributed by atoms with E-state index in [1.807, 2.05) is 37.3 Å². The van der Waals surface area contributed by atoms with E-state index >= 15 is 0 Å². The summed E-state index contributed by atoms with van der Waals surface area (Å²) in [7, 11) is 0. The van der Waals surface area contributed by atoms with Gasteiger partial charge in [0.05, 0.1) is 10.2 Å². The van der Waals surface area contributed by atoms with Gasteiger partial charge in [-0.3, -0.25) is 19.8 Å². The predicted molar refractivity (Wildman–Crippen MR) is 149 cm³/mol. The van der Waals surface area contributed by atoms with Gasteiger partial charge in [-0.1, -0.05) is 48.5 Å². The standard InChI is InChI=1S/C27H23IN2O4S/c1-3-12-30-26(32)21(25(31)29-27(30)35)13-17-14-22(28)24(23(15-17)33-4-2)34-16-19-10-7-9-18-8-5-6-11-20(18)19/h3,5-11,13-15H,1,4,12,16H2,2H3,(H,29,31,35)/b21-13+. The first-order valence-electron chi connectivity index (χ1n) is 11.0. The third-order valence-corrected chi connectivity index (χ3v) is 6.52. The number of fused-ring (bicyclic) bond motifs is 1. The summed E-state index contributed by atoms with van der Waals surface area (Å²) in [6.07, 6.45) is 3.09. The predicted octanol–water partition coefficient (Wildman–Crippen LogP) is 5.23. The first-order valence-corrected chi connectivity index (χ1v) is 12.5. The quantitative estimate of drug-likeness (QED) is 0.127. The van der Waals surface area contributed by atoms with Crippen molar-refractivity contribution in [3.8, 4) is 11.5 Å². The molecule has 178 valence electrons. The number of benzene rings is 3. The molecule has 0 aromatic heterocycles. The Labute approximate surface area is 222 Å². The van der Waals surface area contributed by atoms with Gasteiger partial charge in [-0.15, -0.1) is 6.58 Å². The summed E-state index contributed by atoms with van der Waals surface area (Å²) in [5.74, 6) is 0.137. The largest absolute Gasteiger partial charge is 0.490 e. The number of amides is 2. The summed E-state index contributed by atoms with van der Waals surface area (Å²) in [4.78, 5) is 26.7. The maximum Gasteiger partial charge on any atom is 0.265 e. The van der Waals surface area contributed by atoms with Crippen LogP contribution in [0.1, 0.15) is 18.1 Å². The zero-order valence-electron chi connectivity index (χ0n) is 19.0. The van der Waals surface area contributed by atoms with Crippen molar-refractivity contribution in [2.24, 2.45) is 0 Å². The Hall–Kier alpha value is -3.24. The molecular formula is C27H23IN2O4S. The van der Waals surface area contributed by atoms with Gasteiger partial charge in [0.2, 0.25) is 0 Å². The van der Waals surface area contributed by atoms with E-state index in [9.17, 15) is 9.59 Å². The van der Waals surface area contributed by atoms with Crippen molar-refractivity contribution in [3.63, 3.8) is 0 Å². The molecule has 1 heterocycles. The lowest BCUT2D eigenvalue weighted by atomic mass is 10.1. The van der Waals surface area contributed by atoms with Crippen molar-refractivity contribution in [3.05, 3.63) is 87.5 Å². The molecular weight excluding hydrogens is 575 g/mol. The molecule has 6 nitrogen and oxygen atoms in total. The van der Waals surface area contributed by atoms with Crippen molar-refractivity contribution in [2.45, 2.75) is 13.5 Å². The van der Waals surface area contributed by atoms with Crippen molar-refractivity contribution in [2.75, 3.05) is 13.2 Å². The lowest BCUT2D eigenvalue weighted by Gasteiger charge is -2.27. The average Bonchev–Trinajstić information content (AvgIpc) is 2.84. The Kier molecular flexibility index (Phi) is 7.82. The summed E-state index contributed by atoms with van der Waals surface area (Å²) in [6.45, 7) is 6.54. The Morgan fingerprint density at radius 3 is 2.66 bits per heavy atom. The molecule has 1 saturated heterocycles. The van der Waals surface area contributed by atoms with Crippen LogP contribution < -0.4 is 14.8 Å². The van der Waals surface area contributed by atoms with E-state index < -0.39 is 11.8 Å². The minimum atomic E-state index is -0.537. The number of carbonyl (C=O) groups is 2. The molecule has 0 bridgehead atoms. The number of carbonyl (C=O) groups excluding carboxylic acids is 2. The van der Waals surface area contributed by atoms with E-state index in [1.54, 1.807) is 12.1 Å². The molecule has 3 aromatic carbocycles. The number of rotatable bonds is 8. The maximum absolute atomic E-state index is 12.9. The van der Waals surface area contributed by atoms with Crippen molar-refractivity contribution >= 4 is 68.6 Å². The molecule has 0 unspecified atom stereocenters. The molecule has 1 aliphatic heterocycles. The van der Waals surface area contributed by atoms with Crippen LogP contribution in [0.5, 0.6) is 11.5 Å². The van der Waals surface area contributed by atoms with Crippen LogP contribution in [0.15, 0.2) is 72.8 Å². The van der Waals surface area contributed by atoms with Crippen LogP contribution in [0.3, 0.4) is 0 Å². The van der Waals surface area contributed by atoms with E-state index in [2.05, 4.69) is 52.7 Å². The number of thiocarbonyl (C=S) groups is 1. The first-order chi connectivity index (χ1) is 16.9. The lowest BCUT2D eigenvalue weighted by molar-refractivity contribution is -0.128. The third-order valence-electron chi connectivity index (χ3n) is 5.39. The monoisotopic (exact) mass is 598 g/mol.